The van der Waals surface area contributed by atoms with Crippen molar-refractivity contribution in [3.63, 3.8) is 0 Å². The fourth-order valence-electron chi connectivity index (χ4n) is 2.52. The molecule has 1 aliphatic heterocycles. The van der Waals surface area contributed by atoms with Crippen molar-refractivity contribution in [2.24, 2.45) is 0 Å². The molecular weight excluding hydrogens is 560 g/mol. The van der Waals surface area contributed by atoms with Crippen LogP contribution in [0.25, 0.3) is 11.1 Å². The maximum Gasteiger partial charge on any atom is 0.261 e. The zero-order chi connectivity index (χ0) is 26.4. The number of nitrogens with zero attached hydrogens (tertiary/aromatic N) is 4. The van der Waals surface area contributed by atoms with E-state index in [-0.39, 0.29) is 20.9 Å². The van der Waals surface area contributed by atoms with Crippen LogP contribution in [-0.2, 0) is 20.2 Å². The van der Waals surface area contributed by atoms with Gasteiger partial charge in [0.25, 0.3) is 20.2 Å². The van der Waals surface area contributed by atoms with Gasteiger partial charge in [0.2, 0.25) is 5.95 Å². The first-order valence-electron chi connectivity index (χ1n) is 9.12. The summed E-state index contributed by atoms with van der Waals surface area (Å²) in [6.45, 7) is 3.48. The van der Waals surface area contributed by atoms with Crippen LogP contribution in [0.2, 0.25) is 15.1 Å². The van der Waals surface area contributed by atoms with E-state index < -0.39 is 26.1 Å². The second-order valence-corrected chi connectivity index (χ2v) is 11.1. The molecule has 0 bridgehead atoms. The van der Waals surface area contributed by atoms with Crippen LogP contribution < -0.4 is 10.6 Å². The molecule has 17 heteroatoms. The third kappa shape index (κ3) is 10.8. The number of benzene rings is 1. The Morgan fingerprint density at radius 2 is 1.41 bits per heavy atom. The van der Waals surface area contributed by atoms with Gasteiger partial charge in [0.15, 0.2) is 0 Å². The van der Waals surface area contributed by atoms with E-state index in [0.717, 1.165) is 26.2 Å². The number of hydrogen-bond donors (Lipinski definition) is 3. The number of anilines is 2. The van der Waals surface area contributed by atoms with Crippen molar-refractivity contribution >= 4 is 66.8 Å². The molecule has 0 unspecified atom stereocenters. The standard InChI is InChI=1S/C15H15Cl3FN5.2CH4O3S/c1-23-2-4-24(5-3-23)15-21-7-9(14(20)22-15)8-6-10(19)12(17)13(18)11(8)16;2*1-5(2,3)4/h6-7H,2-5H2,1H3,(H2,20,21,22);2*1H3,(H,2,3,4). The number of nitrogen functional groups attached to an aromatic ring is 1. The summed E-state index contributed by atoms with van der Waals surface area (Å²) in [5, 5.41) is -0.166. The minimum absolute atomic E-state index is 0.0594. The number of nitrogens with two attached hydrogens (primary N) is 1. The molecule has 0 amide bonds. The van der Waals surface area contributed by atoms with Crippen LogP contribution in [0.15, 0.2) is 12.3 Å². The predicted octanol–water partition coefficient (Wildman–Crippen LogP) is 2.58. The maximum absolute atomic E-state index is 13.9. The van der Waals surface area contributed by atoms with Gasteiger partial charge in [0.05, 0.1) is 27.6 Å². The summed E-state index contributed by atoms with van der Waals surface area (Å²) in [5.74, 6) is 0.0724. The topological polar surface area (TPSA) is 167 Å². The highest BCUT2D eigenvalue weighted by Gasteiger charge is 2.21. The molecular formula is C17H23Cl3FN5O6S2. The number of hydrogen-bond acceptors (Lipinski definition) is 9. The lowest BCUT2D eigenvalue weighted by Crippen LogP contribution is -2.45. The number of likely N-dealkylation sites (N-methyl/N-ethyl adjacent to an activating group) is 1. The van der Waals surface area contributed by atoms with E-state index in [9.17, 15) is 21.2 Å². The lowest BCUT2D eigenvalue weighted by molar-refractivity contribution is 0.311. The second kappa shape index (κ2) is 12.4. The van der Waals surface area contributed by atoms with Gasteiger partial charge in [-0.1, -0.05) is 34.8 Å². The van der Waals surface area contributed by atoms with Crippen molar-refractivity contribution < 1.29 is 30.3 Å². The zero-order valence-corrected chi connectivity index (χ0v) is 22.1. The van der Waals surface area contributed by atoms with Crippen LogP contribution in [0.1, 0.15) is 0 Å². The summed E-state index contributed by atoms with van der Waals surface area (Å²) in [6, 6.07) is 1.18. The Labute approximate surface area is 212 Å². The normalized spacial score (nSPS) is 14.6. The first-order chi connectivity index (χ1) is 15.4. The van der Waals surface area contributed by atoms with Crippen LogP contribution in [0.4, 0.5) is 16.2 Å². The SMILES string of the molecule is CN1CCN(c2ncc(-c3cc(F)c(Cl)c(Cl)c3Cl)c(N)n2)CC1.CS(=O)(=O)O.CS(=O)(=O)O. The second-order valence-electron chi connectivity index (χ2n) is 7.07. The van der Waals surface area contributed by atoms with E-state index in [4.69, 9.17) is 49.6 Å². The van der Waals surface area contributed by atoms with Crippen LogP contribution >= 0.6 is 34.8 Å². The summed E-state index contributed by atoms with van der Waals surface area (Å²) in [7, 11) is -5.27. The zero-order valence-electron chi connectivity index (χ0n) is 18.2. The Kier molecular flexibility index (Phi) is 11.2. The fraction of sp³-hybridized carbons (Fsp3) is 0.412. The molecule has 2 heterocycles. The van der Waals surface area contributed by atoms with Crippen LogP contribution in [0, 0.1) is 5.82 Å². The van der Waals surface area contributed by atoms with Crippen LogP contribution in [0.3, 0.4) is 0 Å². The first kappa shape index (κ1) is 30.5. The van der Waals surface area contributed by atoms with Gasteiger partial charge in [-0.05, 0) is 13.1 Å². The molecule has 0 atom stereocenters. The minimum atomic E-state index is -3.67. The van der Waals surface area contributed by atoms with E-state index in [1.165, 1.54) is 12.3 Å². The Balaban J connectivity index is 0.000000489. The summed E-state index contributed by atoms with van der Waals surface area (Å²) >= 11 is 17.9. The molecule has 1 fully saturated rings. The molecule has 4 N–H and O–H groups in total. The van der Waals surface area contributed by atoms with Crippen molar-refractivity contribution in [3.8, 4) is 11.1 Å². The van der Waals surface area contributed by atoms with E-state index in [2.05, 4.69) is 26.8 Å². The molecule has 0 aliphatic carbocycles. The summed E-state index contributed by atoms with van der Waals surface area (Å²) in [6.07, 6.45) is 2.96. The molecule has 34 heavy (non-hydrogen) atoms. The number of rotatable bonds is 2. The highest BCUT2D eigenvalue weighted by molar-refractivity contribution is 7.85. The number of aromatic nitrogens is 2. The molecule has 0 radical (unpaired) electrons. The molecule has 1 aromatic carbocycles. The lowest BCUT2D eigenvalue weighted by atomic mass is 10.1. The van der Waals surface area contributed by atoms with E-state index in [0.29, 0.717) is 29.6 Å². The Bertz CT molecular complexity index is 1180. The molecule has 2 aromatic rings. The van der Waals surface area contributed by atoms with Crippen molar-refractivity contribution in [1.82, 2.24) is 14.9 Å². The van der Waals surface area contributed by atoms with Gasteiger partial charge in [-0.3, -0.25) is 9.11 Å². The maximum atomic E-state index is 13.9. The van der Waals surface area contributed by atoms with Gasteiger partial charge in [-0.2, -0.15) is 21.8 Å². The van der Waals surface area contributed by atoms with Crippen molar-refractivity contribution in [2.75, 3.05) is 56.4 Å². The van der Waals surface area contributed by atoms with E-state index in [1.54, 1.807) is 0 Å². The third-order valence-electron chi connectivity index (χ3n) is 3.98. The molecule has 0 saturated carbocycles. The van der Waals surface area contributed by atoms with Gasteiger partial charge < -0.3 is 15.5 Å². The first-order valence-corrected chi connectivity index (χ1v) is 14.0. The average molecular weight is 583 g/mol. The van der Waals surface area contributed by atoms with Gasteiger partial charge in [0.1, 0.15) is 11.6 Å². The minimum Gasteiger partial charge on any atom is -0.383 e. The summed E-state index contributed by atoms with van der Waals surface area (Å²) in [4.78, 5) is 13.0. The molecule has 0 spiro atoms. The molecule has 3 rings (SSSR count). The third-order valence-corrected chi connectivity index (χ3v) is 5.32. The smallest absolute Gasteiger partial charge is 0.261 e. The van der Waals surface area contributed by atoms with Gasteiger partial charge in [0, 0.05) is 43.5 Å². The van der Waals surface area contributed by atoms with Crippen molar-refractivity contribution in [3.05, 3.63) is 33.1 Å². The van der Waals surface area contributed by atoms with E-state index >= 15 is 0 Å². The Morgan fingerprint density at radius 1 is 0.941 bits per heavy atom. The van der Waals surface area contributed by atoms with E-state index in [1.807, 2.05) is 0 Å². The summed E-state index contributed by atoms with van der Waals surface area (Å²) in [5.41, 5.74) is 6.77. The Hall–Kier alpha value is -1.52. The lowest BCUT2D eigenvalue weighted by Gasteiger charge is -2.32. The predicted molar refractivity (Wildman–Crippen MR) is 132 cm³/mol. The molecule has 11 nitrogen and oxygen atoms in total. The van der Waals surface area contributed by atoms with Gasteiger partial charge in [-0.15, -0.1) is 0 Å². The van der Waals surface area contributed by atoms with Crippen LogP contribution in [-0.4, -0.2) is 86.5 Å². The molecule has 1 aliphatic rings. The quantitative estimate of drug-likeness (QED) is 0.270. The average Bonchev–Trinajstić information content (AvgIpc) is 2.67. The highest BCUT2D eigenvalue weighted by Crippen LogP contribution is 2.41. The van der Waals surface area contributed by atoms with Crippen LogP contribution in [0.5, 0.6) is 0 Å². The summed E-state index contributed by atoms with van der Waals surface area (Å²) < 4.78 is 65.6. The number of piperazine rings is 1. The largest absolute Gasteiger partial charge is 0.383 e. The number of halogens is 4. The molecule has 1 saturated heterocycles. The van der Waals surface area contributed by atoms with Crippen molar-refractivity contribution in [2.45, 2.75) is 0 Å². The monoisotopic (exact) mass is 581 g/mol. The highest BCUT2D eigenvalue weighted by atomic mass is 35.5. The van der Waals surface area contributed by atoms with Gasteiger partial charge in [-0.25, -0.2) is 9.37 Å². The van der Waals surface area contributed by atoms with Gasteiger partial charge >= 0.3 is 0 Å². The molecule has 192 valence electrons. The molecule has 1 aromatic heterocycles. The van der Waals surface area contributed by atoms with Crippen molar-refractivity contribution in [1.29, 1.82) is 0 Å². The fourth-order valence-corrected chi connectivity index (χ4v) is 3.16. The Morgan fingerprint density at radius 3 is 1.85 bits per heavy atom.